The molecule has 0 N–H and O–H groups in total. The molecule has 0 saturated carbocycles. The number of aryl methyl sites for hydroxylation is 1. The minimum absolute atomic E-state index is 0.0524. The summed E-state index contributed by atoms with van der Waals surface area (Å²) in [6.07, 6.45) is 0. The summed E-state index contributed by atoms with van der Waals surface area (Å²) in [5, 5.41) is 0. The van der Waals surface area contributed by atoms with E-state index in [-0.39, 0.29) is 32.1 Å². The maximum absolute atomic E-state index is 13.9. The Morgan fingerprint density at radius 1 is 1.00 bits per heavy atom. The first kappa shape index (κ1) is 18.5. The molecule has 1 aliphatic rings. The number of nitrogens with zero attached hydrogens (tertiary/aromatic N) is 2. The summed E-state index contributed by atoms with van der Waals surface area (Å²) in [5.41, 5.74) is 1.43. The molecular formula is C18H18F2N2O3S. The normalized spacial score (nSPS) is 15.9. The number of hydrogen-bond acceptors (Lipinski definition) is 3. The highest BCUT2D eigenvalue weighted by Crippen LogP contribution is 2.22. The highest BCUT2D eigenvalue weighted by molar-refractivity contribution is 7.89. The summed E-state index contributed by atoms with van der Waals surface area (Å²) < 4.78 is 53.2. The van der Waals surface area contributed by atoms with Gasteiger partial charge in [0.2, 0.25) is 10.0 Å². The number of amides is 1. The van der Waals surface area contributed by atoms with Crippen LogP contribution in [0.5, 0.6) is 0 Å². The molecule has 0 aliphatic carbocycles. The van der Waals surface area contributed by atoms with Crippen LogP contribution in [0, 0.1) is 18.6 Å². The molecule has 1 aliphatic heterocycles. The molecule has 0 radical (unpaired) electrons. The molecule has 1 saturated heterocycles. The van der Waals surface area contributed by atoms with E-state index >= 15 is 0 Å². The molecule has 1 heterocycles. The zero-order chi connectivity index (χ0) is 18.9. The number of carbonyl (C=O) groups excluding carboxylic acids is 1. The van der Waals surface area contributed by atoms with Gasteiger partial charge in [-0.1, -0.05) is 18.2 Å². The monoisotopic (exact) mass is 380 g/mol. The third-order valence-corrected chi connectivity index (χ3v) is 6.34. The maximum Gasteiger partial charge on any atom is 0.254 e. The number of piperazine rings is 1. The zero-order valence-electron chi connectivity index (χ0n) is 14.2. The molecule has 3 rings (SSSR count). The van der Waals surface area contributed by atoms with Gasteiger partial charge in [0.05, 0.1) is 0 Å². The highest BCUT2D eigenvalue weighted by atomic mass is 32.2. The minimum Gasteiger partial charge on any atom is -0.336 e. The van der Waals surface area contributed by atoms with Gasteiger partial charge in [0.15, 0.2) is 0 Å². The van der Waals surface area contributed by atoms with E-state index in [1.807, 2.05) is 19.1 Å². The van der Waals surface area contributed by atoms with Crippen molar-refractivity contribution < 1.29 is 22.0 Å². The van der Waals surface area contributed by atoms with E-state index in [0.29, 0.717) is 11.6 Å². The number of rotatable bonds is 3. The van der Waals surface area contributed by atoms with Crippen LogP contribution in [0.4, 0.5) is 8.78 Å². The Balaban J connectivity index is 1.74. The van der Waals surface area contributed by atoms with Crippen LogP contribution >= 0.6 is 0 Å². The van der Waals surface area contributed by atoms with Crippen LogP contribution in [0.1, 0.15) is 15.9 Å². The van der Waals surface area contributed by atoms with E-state index < -0.39 is 26.6 Å². The van der Waals surface area contributed by atoms with Crippen LogP contribution in [0.2, 0.25) is 0 Å². The van der Waals surface area contributed by atoms with E-state index in [4.69, 9.17) is 0 Å². The molecule has 0 aromatic heterocycles. The minimum atomic E-state index is -4.08. The van der Waals surface area contributed by atoms with Gasteiger partial charge in [0.1, 0.15) is 16.5 Å². The summed E-state index contributed by atoms with van der Waals surface area (Å²) in [6, 6.07) is 9.57. The molecule has 0 atom stereocenters. The van der Waals surface area contributed by atoms with Gasteiger partial charge in [-0.05, 0) is 30.7 Å². The Morgan fingerprint density at radius 2 is 1.65 bits per heavy atom. The quantitative estimate of drug-likeness (QED) is 0.822. The molecule has 0 bridgehead atoms. The Morgan fingerprint density at radius 3 is 2.27 bits per heavy atom. The van der Waals surface area contributed by atoms with Gasteiger partial charge in [0, 0.05) is 37.8 Å². The smallest absolute Gasteiger partial charge is 0.254 e. The summed E-state index contributed by atoms with van der Waals surface area (Å²) in [6.45, 7) is 2.35. The van der Waals surface area contributed by atoms with Gasteiger partial charge >= 0.3 is 0 Å². The Hall–Kier alpha value is -2.32. The van der Waals surface area contributed by atoms with Gasteiger partial charge in [-0.15, -0.1) is 0 Å². The molecule has 8 heteroatoms. The topological polar surface area (TPSA) is 57.7 Å². The van der Waals surface area contributed by atoms with Crippen molar-refractivity contribution in [2.75, 3.05) is 26.2 Å². The van der Waals surface area contributed by atoms with Crippen molar-refractivity contribution in [2.45, 2.75) is 11.8 Å². The van der Waals surface area contributed by atoms with E-state index in [9.17, 15) is 22.0 Å². The first-order chi connectivity index (χ1) is 12.3. The fourth-order valence-electron chi connectivity index (χ4n) is 2.94. The standard InChI is InChI=1S/C18H18F2N2O3S/c1-13-4-2-3-5-15(13)18(23)21-8-10-22(11-9-21)26(24,25)17-7-6-14(19)12-16(17)20/h2-7,12H,8-11H2,1H3. The summed E-state index contributed by atoms with van der Waals surface area (Å²) in [7, 11) is -4.08. The Kier molecular flexibility index (Phi) is 5.06. The number of carbonyl (C=O) groups is 1. The van der Waals surface area contributed by atoms with E-state index in [0.717, 1.165) is 22.0 Å². The average molecular weight is 380 g/mol. The second-order valence-electron chi connectivity index (χ2n) is 6.09. The summed E-state index contributed by atoms with van der Waals surface area (Å²) >= 11 is 0. The first-order valence-electron chi connectivity index (χ1n) is 8.11. The second-order valence-corrected chi connectivity index (χ2v) is 7.99. The molecule has 0 spiro atoms. The van der Waals surface area contributed by atoms with E-state index in [1.54, 1.807) is 17.0 Å². The van der Waals surface area contributed by atoms with Crippen LogP contribution in [0.25, 0.3) is 0 Å². The van der Waals surface area contributed by atoms with Gasteiger partial charge < -0.3 is 4.90 Å². The highest BCUT2D eigenvalue weighted by Gasteiger charge is 2.32. The fourth-order valence-corrected chi connectivity index (χ4v) is 4.41. The van der Waals surface area contributed by atoms with Crippen LogP contribution in [0.15, 0.2) is 47.4 Å². The number of hydrogen-bond donors (Lipinski definition) is 0. The lowest BCUT2D eigenvalue weighted by atomic mass is 10.1. The molecular weight excluding hydrogens is 362 g/mol. The number of halogens is 2. The Bertz CT molecular complexity index is 939. The summed E-state index contributed by atoms with van der Waals surface area (Å²) in [5.74, 6) is -2.12. The average Bonchev–Trinajstić information content (AvgIpc) is 2.61. The molecule has 2 aromatic carbocycles. The van der Waals surface area contributed by atoms with Crippen molar-refractivity contribution in [3.8, 4) is 0 Å². The van der Waals surface area contributed by atoms with Gasteiger partial charge in [-0.25, -0.2) is 17.2 Å². The molecule has 2 aromatic rings. The van der Waals surface area contributed by atoms with Crippen LogP contribution < -0.4 is 0 Å². The summed E-state index contributed by atoms with van der Waals surface area (Å²) in [4.78, 5) is 13.6. The van der Waals surface area contributed by atoms with Crippen molar-refractivity contribution in [1.29, 1.82) is 0 Å². The lowest BCUT2D eigenvalue weighted by molar-refractivity contribution is 0.0697. The Labute approximate surface area is 150 Å². The fraction of sp³-hybridized carbons (Fsp3) is 0.278. The molecule has 5 nitrogen and oxygen atoms in total. The third-order valence-electron chi connectivity index (χ3n) is 4.41. The predicted octanol–water partition coefficient (Wildman–Crippen LogP) is 2.42. The molecule has 138 valence electrons. The lowest BCUT2D eigenvalue weighted by Gasteiger charge is -2.34. The number of sulfonamides is 1. The van der Waals surface area contributed by atoms with Crippen molar-refractivity contribution in [3.05, 3.63) is 65.2 Å². The van der Waals surface area contributed by atoms with E-state index in [1.165, 1.54) is 0 Å². The molecule has 26 heavy (non-hydrogen) atoms. The SMILES string of the molecule is Cc1ccccc1C(=O)N1CCN(S(=O)(=O)c2ccc(F)cc2F)CC1. The molecule has 1 amide bonds. The lowest BCUT2D eigenvalue weighted by Crippen LogP contribution is -2.50. The third kappa shape index (κ3) is 3.47. The van der Waals surface area contributed by atoms with Gasteiger partial charge in [-0.2, -0.15) is 4.31 Å². The van der Waals surface area contributed by atoms with Crippen molar-refractivity contribution in [3.63, 3.8) is 0 Å². The van der Waals surface area contributed by atoms with Crippen LogP contribution in [0.3, 0.4) is 0 Å². The zero-order valence-corrected chi connectivity index (χ0v) is 15.0. The largest absolute Gasteiger partial charge is 0.336 e. The predicted molar refractivity (Wildman–Crippen MR) is 92.2 cm³/mol. The van der Waals surface area contributed by atoms with Crippen molar-refractivity contribution in [1.82, 2.24) is 9.21 Å². The van der Waals surface area contributed by atoms with Gasteiger partial charge in [0.25, 0.3) is 5.91 Å². The van der Waals surface area contributed by atoms with Gasteiger partial charge in [-0.3, -0.25) is 4.79 Å². The maximum atomic E-state index is 13.9. The van der Waals surface area contributed by atoms with Crippen LogP contribution in [-0.2, 0) is 10.0 Å². The van der Waals surface area contributed by atoms with Crippen molar-refractivity contribution in [2.24, 2.45) is 0 Å². The molecule has 1 fully saturated rings. The first-order valence-corrected chi connectivity index (χ1v) is 9.55. The van der Waals surface area contributed by atoms with E-state index in [2.05, 4.69) is 0 Å². The molecule has 0 unspecified atom stereocenters. The second kappa shape index (κ2) is 7.13. The number of benzene rings is 2. The van der Waals surface area contributed by atoms with Crippen molar-refractivity contribution >= 4 is 15.9 Å². The van der Waals surface area contributed by atoms with Crippen LogP contribution in [-0.4, -0.2) is 49.7 Å².